The molecule has 0 saturated carbocycles. The van der Waals surface area contributed by atoms with Crippen LogP contribution >= 0.6 is 0 Å². The van der Waals surface area contributed by atoms with Gasteiger partial charge in [-0.15, -0.1) is 0 Å². The van der Waals surface area contributed by atoms with E-state index in [-0.39, 0.29) is 5.78 Å². The molecule has 0 bridgehead atoms. The largest absolute Gasteiger partial charge is 0.289 e. The second kappa shape index (κ2) is 5.62. The fraction of sp³-hybridized carbons (Fsp3) is 0.312. The van der Waals surface area contributed by atoms with Crippen LogP contribution in [0, 0.1) is 0 Å². The molecule has 0 saturated heterocycles. The monoisotopic (exact) mass is 226 g/mol. The van der Waals surface area contributed by atoms with E-state index in [2.05, 4.69) is 25.1 Å². The van der Waals surface area contributed by atoms with E-state index in [1.165, 1.54) is 5.56 Å². The van der Waals surface area contributed by atoms with E-state index < -0.39 is 0 Å². The quantitative estimate of drug-likeness (QED) is 0.706. The molecule has 88 valence electrons. The van der Waals surface area contributed by atoms with Crippen molar-refractivity contribution in [1.82, 2.24) is 0 Å². The topological polar surface area (TPSA) is 17.1 Å². The molecule has 0 unspecified atom stereocenters. The van der Waals surface area contributed by atoms with Crippen LogP contribution in [0.4, 0.5) is 0 Å². The van der Waals surface area contributed by atoms with Crippen LogP contribution in [0.3, 0.4) is 0 Å². The van der Waals surface area contributed by atoms with Crippen molar-refractivity contribution in [2.45, 2.75) is 32.6 Å². The predicted octanol–water partition coefficient (Wildman–Crippen LogP) is 4.10. The molecule has 0 aliphatic heterocycles. The zero-order valence-corrected chi connectivity index (χ0v) is 10.3. The van der Waals surface area contributed by atoms with Crippen molar-refractivity contribution in [3.63, 3.8) is 0 Å². The van der Waals surface area contributed by atoms with E-state index in [1.54, 1.807) is 0 Å². The van der Waals surface area contributed by atoms with Gasteiger partial charge in [0, 0.05) is 11.1 Å². The van der Waals surface area contributed by atoms with Crippen LogP contribution in [0.15, 0.2) is 48.1 Å². The van der Waals surface area contributed by atoms with Gasteiger partial charge in [-0.1, -0.05) is 55.8 Å². The molecule has 1 aromatic carbocycles. The Morgan fingerprint density at radius 1 is 1.18 bits per heavy atom. The van der Waals surface area contributed by atoms with Gasteiger partial charge in [0.25, 0.3) is 0 Å². The standard InChI is InChI=1S/C16H18O/c1-2-6-13-9-11-15(12-10-13)16(17)14-7-4-3-5-8-14/h4,7-12H,2-3,5-6H2,1H3. The number of allylic oxidation sites excluding steroid dienone is 4. The van der Waals surface area contributed by atoms with Crippen LogP contribution < -0.4 is 0 Å². The molecule has 0 spiro atoms. The predicted molar refractivity (Wildman–Crippen MR) is 71.2 cm³/mol. The SMILES string of the molecule is CCCc1ccc(C(=O)C2=CCCC=C2)cc1. The van der Waals surface area contributed by atoms with E-state index in [1.807, 2.05) is 24.3 Å². The highest BCUT2D eigenvalue weighted by Gasteiger charge is 2.10. The smallest absolute Gasteiger partial charge is 0.192 e. The number of carbonyl (C=O) groups is 1. The summed E-state index contributed by atoms with van der Waals surface area (Å²) in [6, 6.07) is 8.00. The molecular formula is C16H18O. The lowest BCUT2D eigenvalue weighted by atomic mass is 9.97. The minimum Gasteiger partial charge on any atom is -0.289 e. The Balaban J connectivity index is 2.14. The highest BCUT2D eigenvalue weighted by Crippen LogP contribution is 2.16. The van der Waals surface area contributed by atoms with E-state index in [9.17, 15) is 4.79 Å². The second-order valence-electron chi connectivity index (χ2n) is 4.42. The van der Waals surface area contributed by atoms with Gasteiger partial charge >= 0.3 is 0 Å². The first-order chi connectivity index (χ1) is 8.31. The van der Waals surface area contributed by atoms with Crippen molar-refractivity contribution in [3.8, 4) is 0 Å². The van der Waals surface area contributed by atoms with Crippen molar-refractivity contribution in [2.75, 3.05) is 0 Å². The van der Waals surface area contributed by atoms with Crippen LogP contribution in [-0.2, 0) is 6.42 Å². The number of benzene rings is 1. The van der Waals surface area contributed by atoms with Crippen molar-refractivity contribution in [2.24, 2.45) is 0 Å². The Morgan fingerprint density at radius 3 is 2.53 bits per heavy atom. The fourth-order valence-electron chi connectivity index (χ4n) is 2.06. The molecule has 17 heavy (non-hydrogen) atoms. The first kappa shape index (κ1) is 11.8. The molecule has 2 rings (SSSR count). The molecule has 1 nitrogen and oxygen atoms in total. The molecule has 0 aromatic heterocycles. The van der Waals surface area contributed by atoms with Crippen molar-refractivity contribution in [3.05, 3.63) is 59.2 Å². The van der Waals surface area contributed by atoms with Gasteiger partial charge in [-0.3, -0.25) is 4.79 Å². The number of carbonyl (C=O) groups excluding carboxylic acids is 1. The Hall–Kier alpha value is -1.63. The highest BCUT2D eigenvalue weighted by atomic mass is 16.1. The van der Waals surface area contributed by atoms with Crippen molar-refractivity contribution >= 4 is 5.78 Å². The van der Waals surface area contributed by atoms with Crippen LogP contribution in [0.2, 0.25) is 0 Å². The van der Waals surface area contributed by atoms with Gasteiger partial charge in [0.05, 0.1) is 0 Å². The van der Waals surface area contributed by atoms with Crippen LogP contribution in [-0.4, -0.2) is 5.78 Å². The van der Waals surface area contributed by atoms with Gasteiger partial charge in [0.2, 0.25) is 0 Å². The van der Waals surface area contributed by atoms with Gasteiger partial charge in [-0.05, 0) is 24.8 Å². The summed E-state index contributed by atoms with van der Waals surface area (Å²) in [6.07, 6.45) is 10.3. The summed E-state index contributed by atoms with van der Waals surface area (Å²) in [5, 5.41) is 0. The van der Waals surface area contributed by atoms with Gasteiger partial charge in [-0.2, -0.15) is 0 Å². The Bertz CT molecular complexity index is 449. The Labute approximate surface area is 103 Å². The molecular weight excluding hydrogens is 208 g/mol. The maximum Gasteiger partial charge on any atom is 0.192 e. The van der Waals surface area contributed by atoms with Crippen LogP contribution in [0.25, 0.3) is 0 Å². The maximum absolute atomic E-state index is 12.1. The lowest BCUT2D eigenvalue weighted by Gasteiger charge is -2.06. The first-order valence-corrected chi connectivity index (χ1v) is 6.31. The number of Topliss-reactive ketones (excluding diaryl/α,β-unsaturated/α-hetero) is 1. The van der Waals surface area contributed by atoms with E-state index in [0.29, 0.717) is 0 Å². The highest BCUT2D eigenvalue weighted by molar-refractivity contribution is 6.10. The summed E-state index contributed by atoms with van der Waals surface area (Å²) in [4.78, 5) is 12.1. The van der Waals surface area contributed by atoms with Gasteiger partial charge in [0.15, 0.2) is 5.78 Å². The fourth-order valence-corrected chi connectivity index (χ4v) is 2.06. The zero-order chi connectivity index (χ0) is 12.1. The molecule has 0 amide bonds. The minimum absolute atomic E-state index is 0.143. The van der Waals surface area contributed by atoms with Crippen LogP contribution in [0.5, 0.6) is 0 Å². The molecule has 1 aliphatic rings. The third-order valence-corrected chi connectivity index (χ3v) is 3.01. The molecule has 0 N–H and O–H groups in total. The number of hydrogen-bond acceptors (Lipinski definition) is 1. The van der Waals surface area contributed by atoms with E-state index >= 15 is 0 Å². The molecule has 1 heteroatoms. The number of hydrogen-bond donors (Lipinski definition) is 0. The normalized spacial score (nSPS) is 14.5. The molecule has 1 aromatic rings. The average molecular weight is 226 g/mol. The summed E-state index contributed by atoms with van der Waals surface area (Å²) in [5.74, 6) is 0.143. The lowest BCUT2D eigenvalue weighted by molar-refractivity contribution is 0.103. The first-order valence-electron chi connectivity index (χ1n) is 6.31. The Kier molecular flexibility index (Phi) is 3.92. The van der Waals surface area contributed by atoms with Gasteiger partial charge < -0.3 is 0 Å². The summed E-state index contributed by atoms with van der Waals surface area (Å²) < 4.78 is 0. The number of rotatable bonds is 4. The Morgan fingerprint density at radius 2 is 1.94 bits per heavy atom. The third kappa shape index (κ3) is 2.94. The van der Waals surface area contributed by atoms with Gasteiger partial charge in [0.1, 0.15) is 0 Å². The minimum atomic E-state index is 0.143. The number of aryl methyl sites for hydroxylation is 1. The van der Waals surface area contributed by atoms with Crippen molar-refractivity contribution in [1.29, 1.82) is 0 Å². The molecule has 0 fully saturated rings. The van der Waals surface area contributed by atoms with Gasteiger partial charge in [-0.25, -0.2) is 0 Å². The average Bonchev–Trinajstić information content (AvgIpc) is 2.40. The lowest BCUT2D eigenvalue weighted by Crippen LogP contribution is -2.03. The summed E-state index contributed by atoms with van der Waals surface area (Å²) in [7, 11) is 0. The summed E-state index contributed by atoms with van der Waals surface area (Å²) >= 11 is 0. The second-order valence-corrected chi connectivity index (χ2v) is 4.42. The maximum atomic E-state index is 12.1. The summed E-state index contributed by atoms with van der Waals surface area (Å²) in [6.45, 7) is 2.16. The molecule has 0 atom stereocenters. The molecule has 0 radical (unpaired) electrons. The van der Waals surface area contributed by atoms with E-state index in [4.69, 9.17) is 0 Å². The van der Waals surface area contributed by atoms with Crippen molar-refractivity contribution < 1.29 is 4.79 Å². The van der Waals surface area contributed by atoms with Crippen LogP contribution in [0.1, 0.15) is 42.1 Å². The molecule has 1 aliphatic carbocycles. The molecule has 0 heterocycles. The third-order valence-electron chi connectivity index (χ3n) is 3.01. The number of ketones is 1. The zero-order valence-electron chi connectivity index (χ0n) is 10.3. The summed E-state index contributed by atoms with van der Waals surface area (Å²) in [5.41, 5.74) is 2.93. The van der Waals surface area contributed by atoms with E-state index in [0.717, 1.165) is 36.8 Å².